The first-order valence-corrected chi connectivity index (χ1v) is 4.91. The Morgan fingerprint density at radius 1 is 1.53 bits per heavy atom. The number of hydrogen-bond acceptors (Lipinski definition) is 2. The predicted octanol–water partition coefficient (Wildman–Crippen LogP) is 1.36. The molecule has 4 nitrogen and oxygen atoms in total. The van der Waals surface area contributed by atoms with Gasteiger partial charge in [-0.25, -0.2) is 0 Å². The first kappa shape index (κ1) is 11.7. The highest BCUT2D eigenvalue weighted by Gasteiger charge is 2.10. The molecule has 0 atom stereocenters. The molecule has 0 heterocycles. The predicted molar refractivity (Wildman–Crippen MR) is 65.3 cm³/mol. The second-order valence-electron chi connectivity index (χ2n) is 2.76. The van der Waals surface area contributed by atoms with Crippen LogP contribution in [0.1, 0.15) is 10.4 Å². The zero-order chi connectivity index (χ0) is 11.4. The van der Waals surface area contributed by atoms with Crippen molar-refractivity contribution < 1.29 is 4.79 Å². The van der Waals surface area contributed by atoms with Crippen molar-refractivity contribution in [1.29, 1.82) is 0 Å². The molecular formula is C9H10ClN3OS. The summed E-state index contributed by atoms with van der Waals surface area (Å²) >= 11 is 10.5. The van der Waals surface area contributed by atoms with E-state index in [0.29, 0.717) is 16.3 Å². The van der Waals surface area contributed by atoms with Gasteiger partial charge in [0.15, 0.2) is 5.11 Å². The third-order valence-corrected chi connectivity index (χ3v) is 2.05. The number of rotatable bonds is 2. The lowest BCUT2D eigenvalue weighted by Gasteiger charge is -2.09. The summed E-state index contributed by atoms with van der Waals surface area (Å²) in [6.07, 6.45) is 0. The quantitative estimate of drug-likeness (QED) is 0.686. The number of nitrogens with one attached hydrogen (secondary N) is 2. The van der Waals surface area contributed by atoms with Gasteiger partial charge in [-0.2, -0.15) is 0 Å². The normalized spacial score (nSPS) is 9.47. The maximum Gasteiger partial charge on any atom is 0.253 e. The largest absolute Gasteiger partial charge is 0.376 e. The number of halogens is 1. The van der Waals surface area contributed by atoms with Gasteiger partial charge in [0, 0.05) is 12.1 Å². The molecule has 0 saturated heterocycles. The fourth-order valence-electron chi connectivity index (χ4n) is 1.08. The van der Waals surface area contributed by atoms with E-state index in [4.69, 9.17) is 29.6 Å². The Morgan fingerprint density at radius 2 is 2.20 bits per heavy atom. The lowest BCUT2D eigenvalue weighted by atomic mass is 10.1. The molecule has 0 unspecified atom stereocenters. The van der Waals surface area contributed by atoms with Gasteiger partial charge in [-0.05, 0) is 30.4 Å². The number of carbonyl (C=O) groups excluding carboxylic acids is 1. The summed E-state index contributed by atoms with van der Waals surface area (Å²) in [5.74, 6) is -0.253. The standard InChI is InChI=1S/C9H10ClN3OS/c1-12-8(14)6-4-5(10)2-3-7(6)13-9(11)15/h2-4H,1H3,(H,12,14)(H3,11,13,15). The SMILES string of the molecule is CNC(=O)c1cc(Cl)ccc1NC(N)=S. The first-order valence-electron chi connectivity index (χ1n) is 4.12. The summed E-state index contributed by atoms with van der Waals surface area (Å²) in [4.78, 5) is 11.5. The molecule has 0 saturated carbocycles. The van der Waals surface area contributed by atoms with Gasteiger partial charge in [0.25, 0.3) is 5.91 Å². The van der Waals surface area contributed by atoms with Crippen LogP contribution in [-0.4, -0.2) is 18.1 Å². The highest BCUT2D eigenvalue weighted by atomic mass is 35.5. The zero-order valence-electron chi connectivity index (χ0n) is 8.00. The Labute approximate surface area is 97.8 Å². The van der Waals surface area contributed by atoms with Crippen molar-refractivity contribution >= 4 is 40.5 Å². The summed E-state index contributed by atoms with van der Waals surface area (Å²) in [5.41, 5.74) is 6.26. The fraction of sp³-hybridized carbons (Fsp3) is 0.111. The summed E-state index contributed by atoms with van der Waals surface area (Å²) in [7, 11) is 1.54. The zero-order valence-corrected chi connectivity index (χ0v) is 9.58. The van der Waals surface area contributed by atoms with E-state index in [9.17, 15) is 4.79 Å². The van der Waals surface area contributed by atoms with Crippen LogP contribution in [0, 0.1) is 0 Å². The van der Waals surface area contributed by atoms with E-state index in [0.717, 1.165) is 0 Å². The minimum atomic E-state index is -0.253. The van der Waals surface area contributed by atoms with Crippen molar-refractivity contribution in [2.24, 2.45) is 5.73 Å². The average molecular weight is 244 g/mol. The Bertz CT molecular complexity index is 408. The number of thiocarbonyl (C=S) groups is 1. The lowest BCUT2D eigenvalue weighted by molar-refractivity contribution is 0.0964. The van der Waals surface area contributed by atoms with Gasteiger partial charge in [0.05, 0.1) is 11.3 Å². The average Bonchev–Trinajstić information content (AvgIpc) is 2.19. The summed E-state index contributed by atoms with van der Waals surface area (Å²) < 4.78 is 0. The maximum absolute atomic E-state index is 11.5. The highest BCUT2D eigenvalue weighted by molar-refractivity contribution is 7.80. The van der Waals surface area contributed by atoms with Crippen LogP contribution >= 0.6 is 23.8 Å². The van der Waals surface area contributed by atoms with E-state index in [-0.39, 0.29) is 11.0 Å². The van der Waals surface area contributed by atoms with E-state index in [1.54, 1.807) is 18.2 Å². The van der Waals surface area contributed by atoms with Crippen molar-refractivity contribution in [3.05, 3.63) is 28.8 Å². The third kappa shape index (κ3) is 3.07. The van der Waals surface area contributed by atoms with Crippen LogP contribution in [0.4, 0.5) is 5.69 Å². The van der Waals surface area contributed by atoms with Gasteiger partial charge in [0.2, 0.25) is 0 Å². The second-order valence-corrected chi connectivity index (χ2v) is 3.63. The number of carbonyl (C=O) groups is 1. The van der Waals surface area contributed by atoms with Crippen LogP contribution in [0.5, 0.6) is 0 Å². The second kappa shape index (κ2) is 4.95. The molecule has 0 fully saturated rings. The summed E-state index contributed by atoms with van der Waals surface area (Å²) in [6.45, 7) is 0. The third-order valence-electron chi connectivity index (χ3n) is 1.71. The van der Waals surface area contributed by atoms with Crippen molar-refractivity contribution in [3.63, 3.8) is 0 Å². The van der Waals surface area contributed by atoms with Crippen LogP contribution in [0.15, 0.2) is 18.2 Å². The molecule has 6 heteroatoms. The summed E-state index contributed by atoms with van der Waals surface area (Å²) in [6, 6.07) is 4.83. The van der Waals surface area contributed by atoms with Crippen LogP contribution in [-0.2, 0) is 0 Å². The van der Waals surface area contributed by atoms with Gasteiger partial charge in [-0.1, -0.05) is 11.6 Å². The smallest absolute Gasteiger partial charge is 0.253 e. The molecule has 1 rings (SSSR count). The molecule has 0 aliphatic carbocycles. The van der Waals surface area contributed by atoms with Gasteiger partial charge < -0.3 is 16.4 Å². The van der Waals surface area contributed by atoms with E-state index < -0.39 is 0 Å². The molecule has 0 bridgehead atoms. The monoisotopic (exact) mass is 243 g/mol. The Hall–Kier alpha value is -1.33. The molecule has 0 aromatic heterocycles. The molecule has 15 heavy (non-hydrogen) atoms. The molecule has 1 aromatic rings. The number of amides is 1. The topological polar surface area (TPSA) is 67.2 Å². The molecule has 80 valence electrons. The van der Waals surface area contributed by atoms with Crippen LogP contribution in [0.25, 0.3) is 0 Å². The van der Waals surface area contributed by atoms with Crippen molar-refractivity contribution in [2.75, 3.05) is 12.4 Å². The Kier molecular flexibility index (Phi) is 3.88. The molecule has 0 aliphatic heterocycles. The Morgan fingerprint density at radius 3 is 2.73 bits per heavy atom. The number of benzene rings is 1. The molecule has 1 amide bonds. The van der Waals surface area contributed by atoms with Gasteiger partial charge in [-0.3, -0.25) is 4.79 Å². The van der Waals surface area contributed by atoms with E-state index >= 15 is 0 Å². The molecule has 0 spiro atoms. The van der Waals surface area contributed by atoms with E-state index in [1.807, 2.05) is 0 Å². The Balaban J connectivity index is 3.14. The lowest BCUT2D eigenvalue weighted by Crippen LogP contribution is -2.24. The molecular weight excluding hydrogens is 234 g/mol. The molecule has 0 aliphatic rings. The van der Waals surface area contributed by atoms with Crippen LogP contribution in [0.2, 0.25) is 5.02 Å². The minimum absolute atomic E-state index is 0.0995. The molecule has 0 radical (unpaired) electrons. The number of anilines is 1. The first-order chi connectivity index (χ1) is 7.04. The van der Waals surface area contributed by atoms with Crippen molar-refractivity contribution in [3.8, 4) is 0 Å². The molecule has 4 N–H and O–H groups in total. The van der Waals surface area contributed by atoms with Gasteiger partial charge in [0.1, 0.15) is 0 Å². The van der Waals surface area contributed by atoms with Crippen molar-refractivity contribution in [2.45, 2.75) is 0 Å². The van der Waals surface area contributed by atoms with E-state index in [2.05, 4.69) is 10.6 Å². The minimum Gasteiger partial charge on any atom is -0.376 e. The number of nitrogens with two attached hydrogens (primary N) is 1. The summed E-state index contributed by atoms with van der Waals surface area (Å²) in [5, 5.41) is 5.78. The van der Waals surface area contributed by atoms with Crippen LogP contribution in [0.3, 0.4) is 0 Å². The molecule has 1 aromatic carbocycles. The maximum atomic E-state index is 11.5. The van der Waals surface area contributed by atoms with Crippen LogP contribution < -0.4 is 16.4 Å². The fourth-order valence-corrected chi connectivity index (χ4v) is 1.36. The van der Waals surface area contributed by atoms with Gasteiger partial charge >= 0.3 is 0 Å². The van der Waals surface area contributed by atoms with E-state index in [1.165, 1.54) is 7.05 Å². The highest BCUT2D eigenvalue weighted by Crippen LogP contribution is 2.20. The van der Waals surface area contributed by atoms with Gasteiger partial charge in [-0.15, -0.1) is 0 Å². The van der Waals surface area contributed by atoms with Crippen molar-refractivity contribution in [1.82, 2.24) is 5.32 Å². The number of hydrogen-bond donors (Lipinski definition) is 3.